The summed E-state index contributed by atoms with van der Waals surface area (Å²) >= 11 is 1.27. The van der Waals surface area contributed by atoms with Gasteiger partial charge >= 0.3 is 5.97 Å². The van der Waals surface area contributed by atoms with Gasteiger partial charge in [-0.1, -0.05) is 0 Å². The van der Waals surface area contributed by atoms with Crippen LogP contribution in [0.25, 0.3) is 10.9 Å². The first-order chi connectivity index (χ1) is 17.8. The van der Waals surface area contributed by atoms with Crippen molar-refractivity contribution in [3.8, 4) is 5.75 Å². The molecule has 1 aliphatic rings. The Kier molecular flexibility index (Phi) is 9.34. The number of aliphatic hydroxyl groups excluding tert-OH is 1. The topological polar surface area (TPSA) is 82.9 Å². The Balaban J connectivity index is 1.35. The van der Waals surface area contributed by atoms with E-state index in [0.717, 1.165) is 41.6 Å². The number of aromatic nitrogens is 1. The average molecular weight is 531 g/mol. The fourth-order valence-electron chi connectivity index (χ4n) is 5.16. The number of halogens is 2. The maximum Gasteiger partial charge on any atom is 0.303 e. The summed E-state index contributed by atoms with van der Waals surface area (Å²) in [6, 6.07) is 10.8. The number of benzene rings is 2. The van der Waals surface area contributed by atoms with Crippen LogP contribution < -0.4 is 4.74 Å². The molecule has 0 radical (unpaired) electrons. The van der Waals surface area contributed by atoms with Crippen LogP contribution in [0.1, 0.15) is 37.4 Å². The molecule has 2 heterocycles. The first kappa shape index (κ1) is 27.3. The monoisotopic (exact) mass is 530 g/mol. The molecule has 6 nitrogen and oxygen atoms in total. The molecule has 3 atom stereocenters. The quantitative estimate of drug-likeness (QED) is 0.315. The number of carboxylic acids is 1. The minimum Gasteiger partial charge on any atom is -0.497 e. The van der Waals surface area contributed by atoms with E-state index in [9.17, 15) is 23.8 Å². The molecule has 37 heavy (non-hydrogen) atoms. The van der Waals surface area contributed by atoms with E-state index >= 15 is 0 Å². The van der Waals surface area contributed by atoms with Crippen molar-refractivity contribution in [3.05, 3.63) is 65.9 Å². The van der Waals surface area contributed by atoms with Gasteiger partial charge < -0.3 is 19.8 Å². The van der Waals surface area contributed by atoms with Crippen molar-refractivity contribution in [2.75, 3.05) is 32.5 Å². The number of ether oxygens (including phenoxy) is 1. The zero-order valence-corrected chi connectivity index (χ0v) is 21.6. The van der Waals surface area contributed by atoms with Gasteiger partial charge in [0, 0.05) is 41.7 Å². The number of fused-ring (bicyclic) bond motifs is 1. The van der Waals surface area contributed by atoms with Crippen LogP contribution in [0.15, 0.2) is 53.6 Å². The van der Waals surface area contributed by atoms with E-state index < -0.39 is 23.7 Å². The van der Waals surface area contributed by atoms with Gasteiger partial charge in [0.25, 0.3) is 0 Å². The van der Waals surface area contributed by atoms with Gasteiger partial charge in [0.1, 0.15) is 17.4 Å². The predicted molar refractivity (Wildman–Crippen MR) is 140 cm³/mol. The SMILES string of the molecule is COc1ccc2nccc(C(O)CC[C@@H]3CCN(CCSc4cc(F)ccc4F)C[C@@H]3CC(=O)O)c2c1. The van der Waals surface area contributed by atoms with Crippen molar-refractivity contribution >= 4 is 28.6 Å². The number of methoxy groups -OCH3 is 1. The molecule has 1 saturated heterocycles. The van der Waals surface area contributed by atoms with E-state index in [-0.39, 0.29) is 23.2 Å². The molecule has 0 aliphatic carbocycles. The molecule has 1 unspecified atom stereocenters. The lowest BCUT2D eigenvalue weighted by atomic mass is 9.79. The third kappa shape index (κ3) is 7.18. The van der Waals surface area contributed by atoms with Gasteiger partial charge in [-0.25, -0.2) is 8.78 Å². The summed E-state index contributed by atoms with van der Waals surface area (Å²) in [6.45, 7) is 2.10. The fraction of sp³-hybridized carbons (Fsp3) is 0.429. The highest BCUT2D eigenvalue weighted by atomic mass is 32.2. The third-order valence-corrected chi connectivity index (χ3v) is 8.13. The number of hydrogen-bond donors (Lipinski definition) is 2. The maximum absolute atomic E-state index is 13.9. The zero-order valence-electron chi connectivity index (χ0n) is 20.8. The van der Waals surface area contributed by atoms with Crippen LogP contribution in [0.2, 0.25) is 0 Å². The van der Waals surface area contributed by atoms with E-state index in [1.54, 1.807) is 13.3 Å². The fourth-order valence-corrected chi connectivity index (χ4v) is 6.13. The molecule has 1 aliphatic heterocycles. The third-order valence-electron chi connectivity index (χ3n) is 7.12. The Morgan fingerprint density at radius 1 is 1.22 bits per heavy atom. The van der Waals surface area contributed by atoms with Gasteiger partial charge in [-0.05, 0) is 85.7 Å². The van der Waals surface area contributed by atoms with E-state index in [0.29, 0.717) is 37.4 Å². The van der Waals surface area contributed by atoms with E-state index in [1.807, 2.05) is 24.3 Å². The Morgan fingerprint density at radius 2 is 2.05 bits per heavy atom. The van der Waals surface area contributed by atoms with Crippen LogP contribution in [0.4, 0.5) is 8.78 Å². The number of aliphatic hydroxyl groups is 1. The van der Waals surface area contributed by atoms with Crippen LogP contribution in [-0.4, -0.2) is 58.6 Å². The summed E-state index contributed by atoms with van der Waals surface area (Å²) in [5.74, 6) is -0.314. The number of rotatable bonds is 11. The molecular weight excluding hydrogens is 498 g/mol. The highest BCUT2D eigenvalue weighted by molar-refractivity contribution is 7.99. The second-order valence-corrected chi connectivity index (χ2v) is 10.6. The largest absolute Gasteiger partial charge is 0.497 e. The molecule has 4 rings (SSSR count). The molecule has 1 fully saturated rings. The van der Waals surface area contributed by atoms with Crippen LogP contribution >= 0.6 is 11.8 Å². The number of likely N-dealkylation sites (tertiary alicyclic amines) is 1. The molecule has 3 aromatic rings. The number of hydrogen-bond acceptors (Lipinski definition) is 6. The lowest BCUT2D eigenvalue weighted by Crippen LogP contribution is -2.42. The number of carboxylic acid groups (broad SMARTS) is 1. The van der Waals surface area contributed by atoms with Crippen molar-refractivity contribution in [2.45, 2.75) is 36.7 Å². The first-order valence-electron chi connectivity index (χ1n) is 12.5. The Hall–Kier alpha value is -2.75. The van der Waals surface area contributed by atoms with E-state index in [2.05, 4.69) is 9.88 Å². The highest BCUT2D eigenvalue weighted by Gasteiger charge is 2.31. The molecular formula is C28H32F2N2O4S. The normalized spacial score (nSPS) is 19.1. The summed E-state index contributed by atoms with van der Waals surface area (Å²) in [5, 5.41) is 21.4. The van der Waals surface area contributed by atoms with Crippen molar-refractivity contribution < 1.29 is 28.5 Å². The number of thioether (sulfide) groups is 1. The van der Waals surface area contributed by atoms with E-state index in [4.69, 9.17) is 4.74 Å². The van der Waals surface area contributed by atoms with Gasteiger partial charge in [0.2, 0.25) is 0 Å². The summed E-state index contributed by atoms with van der Waals surface area (Å²) in [6.07, 6.45) is 3.12. The van der Waals surface area contributed by atoms with Crippen molar-refractivity contribution in [1.29, 1.82) is 0 Å². The highest BCUT2D eigenvalue weighted by Crippen LogP contribution is 2.35. The minimum atomic E-state index is -0.833. The van der Waals surface area contributed by atoms with E-state index in [1.165, 1.54) is 17.8 Å². The lowest BCUT2D eigenvalue weighted by Gasteiger charge is -2.38. The van der Waals surface area contributed by atoms with Crippen LogP contribution in [0.5, 0.6) is 5.75 Å². The minimum absolute atomic E-state index is 0.0383. The molecule has 198 valence electrons. The van der Waals surface area contributed by atoms with Gasteiger partial charge in [0.05, 0.1) is 18.7 Å². The molecule has 2 aromatic carbocycles. The second kappa shape index (κ2) is 12.7. The van der Waals surface area contributed by atoms with Crippen molar-refractivity contribution in [2.24, 2.45) is 11.8 Å². The molecule has 0 bridgehead atoms. The first-order valence-corrected chi connectivity index (χ1v) is 13.5. The predicted octanol–water partition coefficient (Wildman–Crippen LogP) is 5.54. The molecule has 0 amide bonds. The van der Waals surface area contributed by atoms with Crippen LogP contribution in [-0.2, 0) is 4.79 Å². The second-order valence-electron chi connectivity index (χ2n) is 9.51. The number of nitrogens with zero attached hydrogens (tertiary/aromatic N) is 2. The Bertz CT molecular complexity index is 1230. The Morgan fingerprint density at radius 3 is 2.84 bits per heavy atom. The van der Waals surface area contributed by atoms with Gasteiger partial charge in [-0.3, -0.25) is 9.78 Å². The number of carbonyl (C=O) groups is 1. The maximum atomic E-state index is 13.9. The van der Waals surface area contributed by atoms with Crippen molar-refractivity contribution in [3.63, 3.8) is 0 Å². The zero-order chi connectivity index (χ0) is 26.4. The Labute approximate surface area is 219 Å². The average Bonchev–Trinajstić information content (AvgIpc) is 2.89. The van der Waals surface area contributed by atoms with Gasteiger partial charge in [-0.15, -0.1) is 11.8 Å². The standard InChI is InChI=1S/C28H32F2N2O4S/c1-36-21-4-6-25-23(16-21)22(8-10-31-25)26(33)7-2-18-9-11-32(17-19(18)14-28(34)35)12-13-37-27-15-20(29)3-5-24(27)30/h3-6,8,10,15-16,18-19,26,33H,2,7,9,11-14,17H2,1H3,(H,34,35)/t18-,19+,26?/m1/s1. The number of aliphatic carboxylic acids is 1. The van der Waals surface area contributed by atoms with Crippen LogP contribution in [0.3, 0.4) is 0 Å². The molecule has 0 spiro atoms. The number of pyridine rings is 1. The molecule has 2 N–H and O–H groups in total. The smallest absolute Gasteiger partial charge is 0.303 e. The van der Waals surface area contributed by atoms with Gasteiger partial charge in [-0.2, -0.15) is 0 Å². The molecule has 0 saturated carbocycles. The van der Waals surface area contributed by atoms with Gasteiger partial charge in [0.15, 0.2) is 0 Å². The molecule has 1 aromatic heterocycles. The summed E-state index contributed by atoms with van der Waals surface area (Å²) in [7, 11) is 1.60. The van der Waals surface area contributed by atoms with Crippen molar-refractivity contribution in [1.82, 2.24) is 9.88 Å². The lowest BCUT2D eigenvalue weighted by molar-refractivity contribution is -0.139. The summed E-state index contributed by atoms with van der Waals surface area (Å²) in [5.41, 5.74) is 1.57. The number of piperidine rings is 1. The summed E-state index contributed by atoms with van der Waals surface area (Å²) in [4.78, 5) is 18.4. The molecule has 9 heteroatoms. The summed E-state index contributed by atoms with van der Waals surface area (Å²) < 4.78 is 32.6. The van der Waals surface area contributed by atoms with Crippen LogP contribution in [0, 0.1) is 23.5 Å².